The van der Waals surface area contributed by atoms with Crippen LogP contribution in [0.2, 0.25) is 0 Å². The first-order chi connectivity index (χ1) is 9.33. The molecule has 4 N–H and O–H groups in total. The van der Waals surface area contributed by atoms with Gasteiger partial charge in [0, 0.05) is 13.1 Å². The van der Waals surface area contributed by atoms with Crippen LogP contribution < -0.4 is 10.5 Å². The average Bonchev–Trinajstić information content (AvgIpc) is 2.36. The van der Waals surface area contributed by atoms with Gasteiger partial charge in [0.1, 0.15) is 5.75 Å². The maximum atomic E-state index is 11.9. The molecule has 7 nitrogen and oxygen atoms in total. The van der Waals surface area contributed by atoms with Crippen molar-refractivity contribution in [2.45, 2.75) is 4.90 Å². The molecule has 0 atom stereocenters. The molecule has 0 saturated carbocycles. The van der Waals surface area contributed by atoms with Crippen LogP contribution in [0.4, 0.5) is 5.69 Å². The molecule has 0 fully saturated rings. The summed E-state index contributed by atoms with van der Waals surface area (Å²) in [4.78, 5) is 1.99. The number of nitrogen functional groups attached to an aromatic ring is 1. The lowest BCUT2D eigenvalue weighted by Crippen LogP contribution is -2.28. The zero-order valence-electron chi connectivity index (χ0n) is 11.7. The number of likely N-dealkylation sites (N-methyl/N-ethyl adjacent to an activating group) is 1. The number of nitrogens with zero attached hydrogens (tertiary/aromatic N) is 1. The fourth-order valence-electron chi connectivity index (χ4n) is 1.38. The van der Waals surface area contributed by atoms with Crippen molar-refractivity contribution in [1.29, 1.82) is 0 Å². The van der Waals surface area contributed by atoms with Crippen molar-refractivity contribution in [3.05, 3.63) is 18.2 Å². The number of phenols is 1. The van der Waals surface area contributed by atoms with Crippen molar-refractivity contribution >= 4 is 15.7 Å². The van der Waals surface area contributed by atoms with Gasteiger partial charge in [0.25, 0.3) is 0 Å². The summed E-state index contributed by atoms with van der Waals surface area (Å²) in [5.74, 6) is -0.143. The fourth-order valence-corrected chi connectivity index (χ4v) is 2.43. The van der Waals surface area contributed by atoms with Crippen molar-refractivity contribution in [1.82, 2.24) is 9.62 Å². The molecule has 0 radical (unpaired) electrons. The minimum Gasteiger partial charge on any atom is -0.506 e. The van der Waals surface area contributed by atoms with E-state index in [9.17, 15) is 13.5 Å². The molecule has 1 rings (SSSR count). The highest BCUT2D eigenvalue weighted by molar-refractivity contribution is 7.89. The Bertz CT molecular complexity index is 532. The first-order valence-corrected chi connectivity index (χ1v) is 7.62. The van der Waals surface area contributed by atoms with E-state index in [1.807, 2.05) is 19.0 Å². The molecular formula is C12H21N3O4S. The number of phenolic OH excluding ortho intramolecular Hbond substituents is 1. The van der Waals surface area contributed by atoms with E-state index in [0.29, 0.717) is 13.2 Å². The van der Waals surface area contributed by atoms with Crippen LogP contribution in [0.5, 0.6) is 5.75 Å². The van der Waals surface area contributed by atoms with Crippen molar-refractivity contribution in [2.24, 2.45) is 0 Å². The van der Waals surface area contributed by atoms with Crippen LogP contribution in [0, 0.1) is 0 Å². The number of aromatic hydroxyl groups is 1. The first kappa shape index (κ1) is 16.7. The van der Waals surface area contributed by atoms with Gasteiger partial charge in [-0.15, -0.1) is 0 Å². The molecule has 0 aromatic heterocycles. The highest BCUT2D eigenvalue weighted by Crippen LogP contribution is 2.22. The molecule has 114 valence electrons. The van der Waals surface area contributed by atoms with E-state index in [-0.39, 0.29) is 22.9 Å². The highest BCUT2D eigenvalue weighted by atomic mass is 32.2. The zero-order valence-corrected chi connectivity index (χ0v) is 12.5. The molecule has 0 saturated heterocycles. The Morgan fingerprint density at radius 2 is 2.05 bits per heavy atom. The fraction of sp³-hybridized carbons (Fsp3) is 0.500. The normalized spacial score (nSPS) is 11.9. The second-order valence-corrected chi connectivity index (χ2v) is 6.30. The van der Waals surface area contributed by atoms with Crippen LogP contribution >= 0.6 is 0 Å². The van der Waals surface area contributed by atoms with E-state index in [0.717, 1.165) is 6.54 Å². The highest BCUT2D eigenvalue weighted by Gasteiger charge is 2.14. The summed E-state index contributed by atoms with van der Waals surface area (Å²) in [5.41, 5.74) is 5.49. The van der Waals surface area contributed by atoms with Gasteiger partial charge in [-0.25, -0.2) is 13.1 Å². The molecule has 0 amide bonds. The van der Waals surface area contributed by atoms with Gasteiger partial charge >= 0.3 is 0 Å². The standard InChI is InChI=1S/C12H21N3O4S/c1-15(2)6-8-19-7-5-14-20(17,18)10-3-4-12(16)11(13)9-10/h3-4,9,14,16H,5-8,13H2,1-2H3. The summed E-state index contributed by atoms with van der Waals surface area (Å²) < 4.78 is 31.5. The van der Waals surface area contributed by atoms with Crippen molar-refractivity contribution in [3.63, 3.8) is 0 Å². The van der Waals surface area contributed by atoms with Crippen LogP contribution in [-0.2, 0) is 14.8 Å². The predicted molar refractivity (Wildman–Crippen MR) is 77.1 cm³/mol. The molecule has 0 spiro atoms. The predicted octanol–water partition coefficient (Wildman–Crippen LogP) is -0.169. The van der Waals surface area contributed by atoms with Gasteiger partial charge < -0.3 is 20.5 Å². The summed E-state index contributed by atoms with van der Waals surface area (Å²) >= 11 is 0. The Hall–Kier alpha value is -1.35. The third kappa shape index (κ3) is 5.33. The Balaban J connectivity index is 2.43. The van der Waals surface area contributed by atoms with E-state index >= 15 is 0 Å². The molecule has 0 aliphatic carbocycles. The lowest BCUT2D eigenvalue weighted by Gasteiger charge is -2.11. The van der Waals surface area contributed by atoms with Gasteiger partial charge in [0.15, 0.2) is 0 Å². The van der Waals surface area contributed by atoms with E-state index < -0.39 is 10.0 Å². The Morgan fingerprint density at radius 3 is 2.65 bits per heavy atom. The Labute approximate surface area is 119 Å². The molecular weight excluding hydrogens is 282 g/mol. The number of benzene rings is 1. The van der Waals surface area contributed by atoms with Crippen LogP contribution in [0.1, 0.15) is 0 Å². The maximum Gasteiger partial charge on any atom is 0.240 e. The molecule has 0 aliphatic rings. The Kier molecular flexibility index (Phi) is 6.21. The molecule has 1 aromatic carbocycles. The second-order valence-electron chi connectivity index (χ2n) is 4.53. The third-order valence-corrected chi connectivity index (χ3v) is 3.99. The molecule has 0 heterocycles. The van der Waals surface area contributed by atoms with Crippen LogP contribution in [-0.4, -0.2) is 58.8 Å². The van der Waals surface area contributed by atoms with Crippen LogP contribution in [0.3, 0.4) is 0 Å². The van der Waals surface area contributed by atoms with Crippen molar-refractivity contribution in [3.8, 4) is 5.75 Å². The number of hydrogen-bond donors (Lipinski definition) is 3. The van der Waals surface area contributed by atoms with E-state index in [1.54, 1.807) is 0 Å². The smallest absolute Gasteiger partial charge is 0.240 e. The summed E-state index contributed by atoms with van der Waals surface area (Å²) in [6.45, 7) is 1.79. The lowest BCUT2D eigenvalue weighted by atomic mass is 10.3. The topological polar surface area (TPSA) is 105 Å². The molecule has 0 aliphatic heterocycles. The zero-order chi connectivity index (χ0) is 15.2. The van der Waals surface area contributed by atoms with Crippen molar-refractivity contribution in [2.75, 3.05) is 46.1 Å². The number of hydrogen-bond acceptors (Lipinski definition) is 6. The number of anilines is 1. The second kappa shape index (κ2) is 7.44. The molecule has 8 heteroatoms. The number of nitrogens with two attached hydrogens (primary N) is 1. The van der Waals surface area contributed by atoms with E-state index in [4.69, 9.17) is 10.5 Å². The van der Waals surface area contributed by atoms with Crippen molar-refractivity contribution < 1.29 is 18.3 Å². The van der Waals surface area contributed by atoms with Crippen LogP contribution in [0.25, 0.3) is 0 Å². The van der Waals surface area contributed by atoms with Crippen LogP contribution in [0.15, 0.2) is 23.1 Å². The monoisotopic (exact) mass is 303 g/mol. The van der Waals surface area contributed by atoms with E-state index in [2.05, 4.69) is 4.72 Å². The van der Waals surface area contributed by atoms with Gasteiger partial charge in [-0.2, -0.15) is 0 Å². The minimum absolute atomic E-state index is 0.0149. The SMILES string of the molecule is CN(C)CCOCCNS(=O)(=O)c1ccc(O)c(N)c1. The average molecular weight is 303 g/mol. The minimum atomic E-state index is -3.63. The molecule has 1 aromatic rings. The summed E-state index contributed by atoms with van der Waals surface area (Å²) in [7, 11) is 0.229. The summed E-state index contributed by atoms with van der Waals surface area (Å²) in [5, 5.41) is 9.26. The molecule has 0 unspecified atom stereocenters. The quantitative estimate of drug-likeness (QED) is 0.350. The van der Waals surface area contributed by atoms with Gasteiger partial charge in [0.2, 0.25) is 10.0 Å². The van der Waals surface area contributed by atoms with Gasteiger partial charge in [0.05, 0.1) is 23.8 Å². The lowest BCUT2D eigenvalue weighted by molar-refractivity contribution is 0.122. The summed E-state index contributed by atoms with van der Waals surface area (Å²) in [6, 6.07) is 3.75. The van der Waals surface area contributed by atoms with E-state index in [1.165, 1.54) is 18.2 Å². The Morgan fingerprint density at radius 1 is 1.35 bits per heavy atom. The first-order valence-electron chi connectivity index (χ1n) is 6.13. The molecule has 0 bridgehead atoms. The van der Waals surface area contributed by atoms with Gasteiger partial charge in [-0.3, -0.25) is 0 Å². The number of rotatable bonds is 8. The number of sulfonamides is 1. The molecule has 20 heavy (non-hydrogen) atoms. The van der Waals surface area contributed by atoms with Gasteiger partial charge in [-0.05, 0) is 32.3 Å². The third-order valence-electron chi connectivity index (χ3n) is 2.53. The maximum absolute atomic E-state index is 11.9. The number of nitrogens with one attached hydrogen (secondary N) is 1. The summed E-state index contributed by atoms with van der Waals surface area (Å²) in [6.07, 6.45) is 0. The largest absolute Gasteiger partial charge is 0.506 e. The van der Waals surface area contributed by atoms with Gasteiger partial charge in [-0.1, -0.05) is 0 Å². The number of ether oxygens (including phenoxy) is 1.